The fraction of sp³-hybridized carbons (Fsp3) is 0. The highest BCUT2D eigenvalue weighted by atomic mass is 32.3. The summed E-state index contributed by atoms with van der Waals surface area (Å²) < 4.78 is 31.0. The predicted octanol–water partition coefficient (Wildman–Crippen LogP) is -0.0583. The van der Waals surface area contributed by atoms with Crippen LogP contribution in [-0.4, -0.2) is 14.3 Å². The van der Waals surface area contributed by atoms with E-state index in [9.17, 15) is 12.3 Å². The SMILES string of the molecule is N#CC(=C=N)S(=O)(=O)F. The first-order chi connectivity index (χ1) is 4.02. The summed E-state index contributed by atoms with van der Waals surface area (Å²) >= 11 is 0. The molecule has 0 saturated carbocycles. The van der Waals surface area contributed by atoms with Crippen LogP contribution < -0.4 is 0 Å². The van der Waals surface area contributed by atoms with Gasteiger partial charge in [0.2, 0.25) is 4.91 Å². The lowest BCUT2D eigenvalue weighted by Gasteiger charge is -1.78. The molecule has 6 heteroatoms. The minimum absolute atomic E-state index is 0.947. The fourth-order valence-electron chi connectivity index (χ4n) is 0.143. The normalized spacial score (nSPS) is 9.33. The van der Waals surface area contributed by atoms with Gasteiger partial charge < -0.3 is 0 Å². The summed E-state index contributed by atoms with van der Waals surface area (Å²) in [5, 5.41) is 13.9. The van der Waals surface area contributed by atoms with Crippen molar-refractivity contribution in [2.45, 2.75) is 0 Å². The number of hydrogen-bond donors (Lipinski definition) is 1. The summed E-state index contributed by atoms with van der Waals surface area (Å²) in [5.74, 6) is 1.13. The molecule has 0 aromatic rings. The average Bonchev–Trinajstić information content (AvgIpc) is 1.65. The van der Waals surface area contributed by atoms with Crippen molar-refractivity contribution in [3.8, 4) is 6.07 Å². The zero-order valence-corrected chi connectivity index (χ0v) is 4.87. The largest absolute Gasteiger partial charge is 0.351 e. The molecule has 0 amide bonds. The van der Waals surface area contributed by atoms with Crippen LogP contribution in [0.2, 0.25) is 0 Å². The van der Waals surface area contributed by atoms with Gasteiger partial charge in [0, 0.05) is 5.87 Å². The molecule has 48 valence electrons. The van der Waals surface area contributed by atoms with Gasteiger partial charge in [-0.2, -0.15) is 13.7 Å². The van der Waals surface area contributed by atoms with Crippen molar-refractivity contribution in [2.24, 2.45) is 0 Å². The number of halogens is 1. The summed E-state index contributed by atoms with van der Waals surface area (Å²) in [6.07, 6.45) is 0. The first-order valence-corrected chi connectivity index (χ1v) is 3.05. The van der Waals surface area contributed by atoms with E-state index in [4.69, 9.17) is 10.7 Å². The minimum Gasteiger partial charge on any atom is -0.257 e. The van der Waals surface area contributed by atoms with Gasteiger partial charge in [-0.15, -0.1) is 0 Å². The van der Waals surface area contributed by atoms with Crippen LogP contribution in [-0.2, 0) is 10.2 Å². The van der Waals surface area contributed by atoms with Crippen molar-refractivity contribution in [3.05, 3.63) is 4.91 Å². The van der Waals surface area contributed by atoms with Gasteiger partial charge in [0.1, 0.15) is 6.07 Å². The number of hydrogen-bond acceptors (Lipinski definition) is 4. The average molecular weight is 148 g/mol. The predicted molar refractivity (Wildman–Crippen MR) is 26.9 cm³/mol. The van der Waals surface area contributed by atoms with Crippen molar-refractivity contribution in [1.29, 1.82) is 10.7 Å². The van der Waals surface area contributed by atoms with E-state index in [1.165, 1.54) is 0 Å². The van der Waals surface area contributed by atoms with Gasteiger partial charge in [-0.3, -0.25) is 5.41 Å². The van der Waals surface area contributed by atoms with Gasteiger partial charge in [-0.1, -0.05) is 3.89 Å². The quantitative estimate of drug-likeness (QED) is 0.321. The van der Waals surface area contributed by atoms with Crippen molar-refractivity contribution >= 4 is 16.1 Å². The highest BCUT2D eigenvalue weighted by Gasteiger charge is 2.14. The van der Waals surface area contributed by atoms with Crippen LogP contribution in [0.15, 0.2) is 4.91 Å². The van der Waals surface area contributed by atoms with Crippen molar-refractivity contribution in [3.63, 3.8) is 0 Å². The van der Waals surface area contributed by atoms with E-state index < -0.39 is 15.1 Å². The summed E-state index contributed by atoms with van der Waals surface area (Å²) in [6.45, 7) is 0. The van der Waals surface area contributed by atoms with E-state index in [2.05, 4.69) is 0 Å². The Kier molecular flexibility index (Phi) is 2.08. The monoisotopic (exact) mass is 148 g/mol. The zero-order chi connectivity index (χ0) is 7.49. The number of rotatable bonds is 1. The Morgan fingerprint density at radius 3 is 2.11 bits per heavy atom. The van der Waals surface area contributed by atoms with E-state index in [0.717, 1.165) is 11.9 Å². The molecule has 9 heavy (non-hydrogen) atoms. The molecule has 0 aliphatic heterocycles. The van der Waals surface area contributed by atoms with E-state index >= 15 is 0 Å². The Balaban J connectivity index is 5.10. The van der Waals surface area contributed by atoms with Crippen molar-refractivity contribution < 1.29 is 12.3 Å². The van der Waals surface area contributed by atoms with Gasteiger partial charge in [-0.05, 0) is 0 Å². The Bertz CT molecular complexity index is 292. The molecule has 0 fully saturated rings. The number of nitrogens with zero attached hydrogens (tertiary/aromatic N) is 1. The first-order valence-electron chi connectivity index (χ1n) is 1.67. The minimum atomic E-state index is -5.01. The molecule has 1 N–H and O–H groups in total. The molecule has 0 saturated heterocycles. The summed E-state index contributed by atoms with van der Waals surface area (Å²) in [7, 11) is -5.01. The molecule has 0 aromatic heterocycles. The molecule has 0 spiro atoms. The highest BCUT2D eigenvalue weighted by molar-refractivity contribution is 7.91. The maximum atomic E-state index is 11.6. The van der Waals surface area contributed by atoms with Gasteiger partial charge >= 0.3 is 10.2 Å². The van der Waals surface area contributed by atoms with Crippen molar-refractivity contribution in [1.82, 2.24) is 0 Å². The van der Waals surface area contributed by atoms with Crippen LogP contribution >= 0.6 is 0 Å². The Labute approximate surface area is 50.9 Å². The number of allylic oxidation sites excluding steroid dienone is 1. The molecule has 0 atom stereocenters. The molecule has 0 radical (unpaired) electrons. The van der Waals surface area contributed by atoms with Crippen LogP contribution in [0.25, 0.3) is 0 Å². The topological polar surface area (TPSA) is 81.8 Å². The first kappa shape index (κ1) is 7.82. The van der Waals surface area contributed by atoms with Crippen LogP contribution in [0.5, 0.6) is 0 Å². The second-order valence-electron chi connectivity index (χ2n) is 1.00. The molecule has 0 bridgehead atoms. The molecule has 0 aromatic carbocycles. The fourth-order valence-corrected chi connectivity index (χ4v) is 0.374. The molecule has 0 rings (SSSR count). The highest BCUT2D eigenvalue weighted by Crippen LogP contribution is 2.01. The molecule has 0 unspecified atom stereocenters. The molecule has 0 aliphatic carbocycles. The Hall–Kier alpha value is -1.18. The lowest BCUT2D eigenvalue weighted by atomic mass is 10.7. The molecular formula is C3HFN2O2S. The number of nitrogens with one attached hydrogen (secondary N) is 1. The number of nitriles is 1. The Morgan fingerprint density at radius 2 is 2.11 bits per heavy atom. The second kappa shape index (κ2) is 2.40. The van der Waals surface area contributed by atoms with Gasteiger partial charge in [0.15, 0.2) is 0 Å². The lowest BCUT2D eigenvalue weighted by molar-refractivity contribution is 0.561. The van der Waals surface area contributed by atoms with Gasteiger partial charge in [-0.25, -0.2) is 0 Å². The molecule has 0 heterocycles. The molecule has 4 nitrogen and oxygen atoms in total. The second-order valence-corrected chi connectivity index (χ2v) is 2.29. The van der Waals surface area contributed by atoms with Crippen LogP contribution in [0, 0.1) is 16.7 Å². The smallest absolute Gasteiger partial charge is 0.257 e. The third kappa shape index (κ3) is 2.04. The van der Waals surface area contributed by atoms with E-state index in [-0.39, 0.29) is 0 Å². The maximum Gasteiger partial charge on any atom is 0.351 e. The standard InChI is InChI=1S/C3HFN2O2S/c4-9(7,8)3(1-5)2-6/h5H. The Morgan fingerprint density at radius 1 is 1.67 bits per heavy atom. The van der Waals surface area contributed by atoms with Crippen molar-refractivity contribution in [2.75, 3.05) is 0 Å². The van der Waals surface area contributed by atoms with E-state index in [1.807, 2.05) is 0 Å². The van der Waals surface area contributed by atoms with Crippen LogP contribution in [0.1, 0.15) is 0 Å². The molecule has 0 aliphatic rings. The summed E-state index contributed by atoms with van der Waals surface area (Å²) in [6, 6.07) is 0.947. The van der Waals surface area contributed by atoms with Gasteiger partial charge in [0.05, 0.1) is 0 Å². The zero-order valence-electron chi connectivity index (χ0n) is 4.05. The third-order valence-electron chi connectivity index (χ3n) is 0.459. The van der Waals surface area contributed by atoms with E-state index in [0.29, 0.717) is 0 Å². The summed E-state index contributed by atoms with van der Waals surface area (Å²) in [4.78, 5) is -1.30. The lowest BCUT2D eigenvalue weighted by Crippen LogP contribution is -1.92. The van der Waals surface area contributed by atoms with Crippen LogP contribution in [0.3, 0.4) is 0 Å². The molecular weight excluding hydrogens is 147 g/mol. The third-order valence-corrected chi connectivity index (χ3v) is 1.14. The van der Waals surface area contributed by atoms with Gasteiger partial charge in [0.25, 0.3) is 0 Å². The summed E-state index contributed by atoms with van der Waals surface area (Å²) in [5.41, 5.74) is 0. The maximum absolute atomic E-state index is 11.6. The van der Waals surface area contributed by atoms with E-state index in [1.54, 1.807) is 0 Å². The van der Waals surface area contributed by atoms with Crippen LogP contribution in [0.4, 0.5) is 3.89 Å².